The Hall–Kier alpha value is -3.65. The van der Waals surface area contributed by atoms with E-state index < -0.39 is 28.5 Å². The molecule has 1 atom stereocenters. The molecule has 0 fully saturated rings. The molecular formula is C31H39N3O4S. The summed E-state index contributed by atoms with van der Waals surface area (Å²) in [5, 5.41) is 2.91. The van der Waals surface area contributed by atoms with Crippen molar-refractivity contribution in [3.05, 3.63) is 95.1 Å². The van der Waals surface area contributed by atoms with Gasteiger partial charge in [-0.05, 0) is 70.4 Å². The minimum absolute atomic E-state index is 0.0961. The third kappa shape index (κ3) is 7.47. The predicted octanol–water partition coefficient (Wildman–Crippen LogP) is 5.14. The second-order valence-electron chi connectivity index (χ2n) is 10.2. The summed E-state index contributed by atoms with van der Waals surface area (Å²) >= 11 is 0. The Labute approximate surface area is 232 Å². The standard InChI is InChI=1S/C31H39N3O4S/c1-7-28(31(36)32-22(2)3)33(20-26-16-12-23(4)13-17-26)30(35)21-34(29-11-9-8-10-25(29)6)39(37,38)27-18-14-24(5)15-19-27/h8-19,22,28H,7,20-21H2,1-6H3,(H,32,36). The predicted molar refractivity (Wildman–Crippen MR) is 156 cm³/mol. The fraction of sp³-hybridized carbons (Fsp3) is 0.355. The second kappa shape index (κ2) is 12.9. The minimum Gasteiger partial charge on any atom is -0.352 e. The van der Waals surface area contributed by atoms with Gasteiger partial charge in [-0.25, -0.2) is 8.42 Å². The highest BCUT2D eigenvalue weighted by atomic mass is 32.2. The topological polar surface area (TPSA) is 86.8 Å². The van der Waals surface area contributed by atoms with E-state index in [9.17, 15) is 18.0 Å². The Morgan fingerprint density at radius 2 is 1.41 bits per heavy atom. The third-order valence-electron chi connectivity index (χ3n) is 6.56. The summed E-state index contributed by atoms with van der Waals surface area (Å²) < 4.78 is 29.0. The molecule has 0 aliphatic carbocycles. The SMILES string of the molecule is CCC(C(=O)NC(C)C)N(Cc1ccc(C)cc1)C(=O)CN(c1ccccc1C)S(=O)(=O)c1ccc(C)cc1. The van der Waals surface area contributed by atoms with Gasteiger partial charge in [0, 0.05) is 12.6 Å². The quantitative estimate of drug-likeness (QED) is 0.359. The van der Waals surface area contributed by atoms with Crippen molar-refractivity contribution in [3.63, 3.8) is 0 Å². The van der Waals surface area contributed by atoms with Gasteiger partial charge in [-0.1, -0.05) is 72.6 Å². The first-order valence-electron chi connectivity index (χ1n) is 13.2. The lowest BCUT2D eigenvalue weighted by molar-refractivity contribution is -0.140. The van der Waals surface area contributed by atoms with Crippen molar-refractivity contribution >= 4 is 27.5 Å². The van der Waals surface area contributed by atoms with E-state index in [1.54, 1.807) is 36.4 Å². The van der Waals surface area contributed by atoms with Gasteiger partial charge in [0.2, 0.25) is 11.8 Å². The number of anilines is 1. The summed E-state index contributed by atoms with van der Waals surface area (Å²) in [7, 11) is -4.09. The normalized spacial score (nSPS) is 12.2. The second-order valence-corrected chi connectivity index (χ2v) is 12.1. The number of hydrogen-bond donors (Lipinski definition) is 1. The van der Waals surface area contributed by atoms with Crippen LogP contribution in [0, 0.1) is 20.8 Å². The van der Waals surface area contributed by atoms with Crippen LogP contribution < -0.4 is 9.62 Å². The van der Waals surface area contributed by atoms with E-state index in [1.807, 2.05) is 77.9 Å². The molecule has 3 aromatic carbocycles. The van der Waals surface area contributed by atoms with Crippen LogP contribution in [0.4, 0.5) is 5.69 Å². The lowest BCUT2D eigenvalue weighted by Crippen LogP contribution is -2.53. The van der Waals surface area contributed by atoms with Crippen molar-refractivity contribution in [2.24, 2.45) is 0 Å². The number of amides is 2. The molecule has 0 aliphatic heterocycles. The first-order valence-corrected chi connectivity index (χ1v) is 14.7. The molecule has 0 saturated carbocycles. The Kier molecular flexibility index (Phi) is 9.92. The van der Waals surface area contributed by atoms with Gasteiger partial charge >= 0.3 is 0 Å². The highest BCUT2D eigenvalue weighted by Gasteiger charge is 2.34. The van der Waals surface area contributed by atoms with Crippen LogP contribution in [-0.2, 0) is 26.2 Å². The van der Waals surface area contributed by atoms with Crippen molar-refractivity contribution in [2.45, 2.75) is 71.5 Å². The molecule has 0 aliphatic rings. The summed E-state index contributed by atoms with van der Waals surface area (Å²) in [5.41, 5.74) is 4.00. The van der Waals surface area contributed by atoms with E-state index in [4.69, 9.17) is 0 Å². The maximum atomic E-state index is 14.1. The lowest BCUT2D eigenvalue weighted by atomic mass is 10.1. The number of aryl methyl sites for hydroxylation is 3. The average Bonchev–Trinajstić information content (AvgIpc) is 2.88. The molecule has 2 amide bonds. The Morgan fingerprint density at radius 3 is 1.95 bits per heavy atom. The maximum Gasteiger partial charge on any atom is 0.264 e. The van der Waals surface area contributed by atoms with Crippen LogP contribution >= 0.6 is 0 Å². The van der Waals surface area contributed by atoms with Crippen LogP contribution in [0.15, 0.2) is 77.7 Å². The van der Waals surface area contributed by atoms with E-state index in [1.165, 1.54) is 4.90 Å². The number of hydrogen-bond acceptors (Lipinski definition) is 4. The molecule has 208 valence electrons. The number of rotatable bonds is 11. The zero-order valence-corrected chi connectivity index (χ0v) is 24.5. The van der Waals surface area contributed by atoms with Gasteiger partial charge in [-0.15, -0.1) is 0 Å². The van der Waals surface area contributed by atoms with Crippen molar-refractivity contribution in [2.75, 3.05) is 10.8 Å². The van der Waals surface area contributed by atoms with E-state index in [0.717, 1.165) is 26.6 Å². The fourth-order valence-electron chi connectivity index (χ4n) is 4.38. The lowest BCUT2D eigenvalue weighted by Gasteiger charge is -2.34. The molecule has 1 unspecified atom stereocenters. The molecule has 7 nitrogen and oxygen atoms in total. The maximum absolute atomic E-state index is 14.1. The summed E-state index contributed by atoms with van der Waals surface area (Å²) in [6, 6.07) is 20.5. The number of carbonyl (C=O) groups excluding carboxylic acids is 2. The average molecular weight is 550 g/mol. The number of benzene rings is 3. The number of nitrogens with zero attached hydrogens (tertiary/aromatic N) is 2. The van der Waals surface area contributed by atoms with Crippen LogP contribution in [0.2, 0.25) is 0 Å². The van der Waals surface area contributed by atoms with Crippen LogP contribution in [0.3, 0.4) is 0 Å². The highest BCUT2D eigenvalue weighted by Crippen LogP contribution is 2.27. The number of nitrogens with one attached hydrogen (secondary N) is 1. The van der Waals surface area contributed by atoms with Gasteiger partial charge < -0.3 is 10.2 Å². The summed E-state index contributed by atoms with van der Waals surface area (Å²) in [5.74, 6) is -0.725. The van der Waals surface area contributed by atoms with Gasteiger partial charge in [-0.2, -0.15) is 0 Å². The van der Waals surface area contributed by atoms with E-state index in [-0.39, 0.29) is 23.4 Å². The summed E-state index contributed by atoms with van der Waals surface area (Å²) in [6.07, 6.45) is 0.380. The van der Waals surface area contributed by atoms with Crippen molar-refractivity contribution in [1.82, 2.24) is 10.2 Å². The molecule has 1 N–H and O–H groups in total. The minimum atomic E-state index is -4.09. The Morgan fingerprint density at radius 1 is 0.846 bits per heavy atom. The fourth-order valence-corrected chi connectivity index (χ4v) is 5.86. The molecular weight excluding hydrogens is 510 g/mol. The molecule has 0 saturated heterocycles. The van der Waals surface area contributed by atoms with Gasteiger partial charge in [0.25, 0.3) is 10.0 Å². The van der Waals surface area contributed by atoms with E-state index in [0.29, 0.717) is 12.1 Å². The van der Waals surface area contributed by atoms with Gasteiger partial charge in [0.15, 0.2) is 0 Å². The number of sulfonamides is 1. The van der Waals surface area contributed by atoms with Gasteiger partial charge in [-0.3, -0.25) is 13.9 Å². The van der Waals surface area contributed by atoms with Crippen LogP contribution in [0.25, 0.3) is 0 Å². The molecule has 39 heavy (non-hydrogen) atoms. The first-order chi connectivity index (χ1) is 18.4. The molecule has 3 aromatic rings. The highest BCUT2D eigenvalue weighted by molar-refractivity contribution is 7.92. The van der Waals surface area contributed by atoms with Crippen LogP contribution in [0.1, 0.15) is 49.4 Å². The summed E-state index contributed by atoms with van der Waals surface area (Å²) in [4.78, 5) is 28.9. The van der Waals surface area contributed by atoms with Crippen molar-refractivity contribution in [1.29, 1.82) is 0 Å². The Balaban J connectivity index is 2.07. The molecule has 3 rings (SSSR count). The summed E-state index contributed by atoms with van der Waals surface area (Å²) in [6.45, 7) is 11.0. The molecule has 0 bridgehead atoms. The zero-order chi connectivity index (χ0) is 28.7. The molecule has 0 heterocycles. The van der Waals surface area contributed by atoms with E-state index in [2.05, 4.69) is 5.32 Å². The van der Waals surface area contributed by atoms with Gasteiger partial charge in [0.05, 0.1) is 10.6 Å². The Bertz CT molecular complexity index is 1380. The smallest absolute Gasteiger partial charge is 0.264 e. The van der Waals surface area contributed by atoms with Crippen molar-refractivity contribution < 1.29 is 18.0 Å². The number of para-hydroxylation sites is 1. The van der Waals surface area contributed by atoms with E-state index >= 15 is 0 Å². The molecule has 8 heteroatoms. The van der Waals surface area contributed by atoms with Crippen molar-refractivity contribution in [3.8, 4) is 0 Å². The van der Waals surface area contributed by atoms with Crippen LogP contribution in [0.5, 0.6) is 0 Å². The number of carbonyl (C=O) groups is 2. The molecule has 0 aromatic heterocycles. The molecule has 0 spiro atoms. The molecule has 0 radical (unpaired) electrons. The zero-order valence-electron chi connectivity index (χ0n) is 23.6. The van der Waals surface area contributed by atoms with Crippen LogP contribution in [-0.4, -0.2) is 43.8 Å². The van der Waals surface area contributed by atoms with Gasteiger partial charge in [0.1, 0.15) is 12.6 Å². The third-order valence-corrected chi connectivity index (χ3v) is 8.34. The largest absolute Gasteiger partial charge is 0.352 e. The monoisotopic (exact) mass is 549 g/mol. The first kappa shape index (κ1) is 29.9.